The molecule has 1 saturated heterocycles. The third-order valence-electron chi connectivity index (χ3n) is 0.810. The van der Waals surface area contributed by atoms with Crippen molar-refractivity contribution in [3.05, 3.63) is 0 Å². The van der Waals surface area contributed by atoms with Gasteiger partial charge in [0, 0.05) is 0 Å². The van der Waals surface area contributed by atoms with E-state index >= 15 is 0 Å². The maximum atomic E-state index is 8.46. The van der Waals surface area contributed by atoms with Crippen molar-refractivity contribution in [1.29, 1.82) is 0 Å². The zero-order valence-corrected chi connectivity index (χ0v) is 4.41. The van der Waals surface area contributed by atoms with Crippen molar-refractivity contribution >= 4 is 0 Å². The van der Waals surface area contributed by atoms with E-state index < -0.39 is 6.48 Å². The summed E-state index contributed by atoms with van der Waals surface area (Å²) in [5.41, 5.74) is 0. The van der Waals surface area contributed by atoms with E-state index in [0.717, 1.165) is 6.42 Å². The van der Waals surface area contributed by atoms with Gasteiger partial charge in [-0.1, -0.05) is 0 Å². The molecule has 2 N–H and O–H groups in total. The van der Waals surface area contributed by atoms with E-state index in [9.17, 15) is 0 Å². The summed E-state index contributed by atoms with van der Waals surface area (Å²) < 4.78 is 9.22. The van der Waals surface area contributed by atoms with Crippen LogP contribution in [-0.4, -0.2) is 30.3 Å². The number of aliphatic hydroxyl groups excluding tert-OH is 1. The largest absolute Gasteiger partial charge is 0.346 e. The van der Waals surface area contributed by atoms with E-state index in [0.29, 0.717) is 13.2 Å². The van der Waals surface area contributed by atoms with Crippen LogP contribution in [0.5, 0.6) is 0 Å². The Bertz CT molecular complexity index is 50.0. The minimum Gasteiger partial charge on any atom is -0.346 e. The van der Waals surface area contributed by atoms with Crippen LogP contribution >= 0.6 is 0 Å². The molecule has 0 saturated carbocycles. The molecule has 0 unspecified atom stereocenters. The normalized spacial score (nSPS) is 22.1. The third kappa shape index (κ3) is 2.23. The predicted molar refractivity (Wildman–Crippen MR) is 24.5 cm³/mol. The Kier molecular flexibility index (Phi) is 3.72. The van der Waals surface area contributed by atoms with Crippen LogP contribution in [0.3, 0.4) is 0 Å². The van der Waals surface area contributed by atoms with Gasteiger partial charge in [0.05, 0.1) is 13.2 Å². The standard InChI is InChI=1S/C4H8O3.HO/c5-4-6-2-1-3-7-4;/h4-5H,1-3H2;1H. The van der Waals surface area contributed by atoms with Gasteiger partial charge < -0.3 is 14.6 Å². The van der Waals surface area contributed by atoms with Crippen LogP contribution in [-0.2, 0) is 9.47 Å². The Hall–Kier alpha value is -0.160. The Labute approximate surface area is 47.3 Å². The fourth-order valence-corrected chi connectivity index (χ4v) is 0.475. The molecule has 0 spiro atoms. The first-order chi connectivity index (χ1) is 3.39. The first-order valence-corrected chi connectivity index (χ1v) is 2.31. The zero-order chi connectivity index (χ0) is 5.11. The minimum atomic E-state index is -0.964. The van der Waals surface area contributed by atoms with Crippen LogP contribution in [0.4, 0.5) is 0 Å². The first-order valence-electron chi connectivity index (χ1n) is 2.31. The second-order valence-electron chi connectivity index (χ2n) is 1.40. The Morgan fingerprint density at radius 1 is 1.25 bits per heavy atom. The zero-order valence-electron chi connectivity index (χ0n) is 4.41. The van der Waals surface area contributed by atoms with Crippen molar-refractivity contribution in [2.24, 2.45) is 0 Å². The Morgan fingerprint density at radius 2 is 1.75 bits per heavy atom. The monoisotopic (exact) mass is 121 g/mol. The van der Waals surface area contributed by atoms with Crippen molar-refractivity contribution in [1.82, 2.24) is 0 Å². The van der Waals surface area contributed by atoms with Gasteiger partial charge in [0.2, 0.25) is 0 Å². The summed E-state index contributed by atoms with van der Waals surface area (Å²) in [6.45, 7) is 0.260. The number of rotatable bonds is 0. The third-order valence-corrected chi connectivity index (χ3v) is 0.810. The van der Waals surface area contributed by atoms with Crippen molar-refractivity contribution in [2.75, 3.05) is 13.2 Å². The van der Waals surface area contributed by atoms with Crippen LogP contribution in [0.1, 0.15) is 6.42 Å². The molecule has 1 rings (SSSR count). The van der Waals surface area contributed by atoms with Gasteiger partial charge in [-0.15, -0.1) is 0 Å². The van der Waals surface area contributed by atoms with Crippen molar-refractivity contribution in [3.8, 4) is 0 Å². The molecule has 0 amide bonds. The van der Waals surface area contributed by atoms with Crippen molar-refractivity contribution in [2.45, 2.75) is 12.9 Å². The molecule has 0 aliphatic carbocycles. The van der Waals surface area contributed by atoms with E-state index in [4.69, 9.17) is 5.11 Å². The van der Waals surface area contributed by atoms with Crippen LogP contribution in [0.25, 0.3) is 0 Å². The van der Waals surface area contributed by atoms with Gasteiger partial charge in [0.15, 0.2) is 0 Å². The lowest BCUT2D eigenvalue weighted by Crippen LogP contribution is -2.23. The Balaban J connectivity index is 0.000000490. The predicted octanol–water partition coefficient (Wildman–Crippen LogP) is -0.478. The van der Waals surface area contributed by atoms with E-state index in [1.807, 2.05) is 0 Å². The SMILES string of the molecule is OC1OCCCO1.[OH]. The van der Waals surface area contributed by atoms with Gasteiger partial charge in [-0.2, -0.15) is 0 Å². The molecule has 4 heteroatoms. The number of aliphatic hydroxyl groups is 1. The smallest absolute Gasteiger partial charge is 0.269 e. The van der Waals surface area contributed by atoms with Crippen LogP contribution in [0.2, 0.25) is 0 Å². The molecule has 0 aromatic heterocycles. The number of ether oxygens (including phenoxy) is 2. The summed E-state index contributed by atoms with van der Waals surface area (Å²) in [4.78, 5) is 0. The fraction of sp³-hybridized carbons (Fsp3) is 1.00. The van der Waals surface area contributed by atoms with Crippen molar-refractivity contribution in [3.63, 3.8) is 0 Å². The van der Waals surface area contributed by atoms with Crippen molar-refractivity contribution < 1.29 is 20.1 Å². The van der Waals surface area contributed by atoms with Crippen LogP contribution in [0, 0.1) is 0 Å². The van der Waals surface area contributed by atoms with E-state index in [1.54, 1.807) is 0 Å². The van der Waals surface area contributed by atoms with Gasteiger partial charge in [-0.25, -0.2) is 0 Å². The molecule has 1 heterocycles. The number of hydrogen-bond acceptors (Lipinski definition) is 3. The molecule has 4 nitrogen and oxygen atoms in total. The van der Waals surface area contributed by atoms with Gasteiger partial charge in [-0.3, -0.25) is 5.48 Å². The first kappa shape index (κ1) is 7.84. The molecule has 0 atom stereocenters. The second kappa shape index (κ2) is 3.80. The number of hydrogen-bond donors (Lipinski definition) is 2. The van der Waals surface area contributed by atoms with Crippen LogP contribution < -0.4 is 0 Å². The van der Waals surface area contributed by atoms with Gasteiger partial charge >= 0.3 is 0 Å². The second-order valence-corrected chi connectivity index (χ2v) is 1.40. The summed E-state index contributed by atoms with van der Waals surface area (Å²) in [6.07, 6.45) is 0.886. The highest BCUT2D eigenvalue weighted by atomic mass is 16.8. The van der Waals surface area contributed by atoms with E-state index in [2.05, 4.69) is 9.47 Å². The van der Waals surface area contributed by atoms with Gasteiger partial charge in [0.1, 0.15) is 0 Å². The lowest BCUT2D eigenvalue weighted by Gasteiger charge is -2.16. The molecular weight excluding hydrogens is 112 g/mol. The highest BCUT2D eigenvalue weighted by Gasteiger charge is 2.07. The maximum Gasteiger partial charge on any atom is 0.269 e. The summed E-state index contributed by atoms with van der Waals surface area (Å²) in [7, 11) is 0. The highest BCUT2D eigenvalue weighted by Crippen LogP contribution is 1.99. The maximum absolute atomic E-state index is 8.46. The molecule has 49 valence electrons. The van der Waals surface area contributed by atoms with Gasteiger partial charge in [0.25, 0.3) is 6.48 Å². The topological polar surface area (TPSA) is 68.7 Å². The lowest BCUT2D eigenvalue weighted by atomic mass is 10.5. The molecule has 1 fully saturated rings. The molecule has 0 aromatic carbocycles. The summed E-state index contributed by atoms with van der Waals surface area (Å²) in [6, 6.07) is 0. The lowest BCUT2D eigenvalue weighted by molar-refractivity contribution is -0.287. The average Bonchev–Trinajstić information content (AvgIpc) is 1.69. The molecule has 1 aliphatic heterocycles. The summed E-state index contributed by atoms with van der Waals surface area (Å²) in [5, 5.41) is 8.46. The summed E-state index contributed by atoms with van der Waals surface area (Å²) >= 11 is 0. The van der Waals surface area contributed by atoms with Gasteiger partial charge in [-0.05, 0) is 6.42 Å². The Morgan fingerprint density at radius 3 is 2.00 bits per heavy atom. The summed E-state index contributed by atoms with van der Waals surface area (Å²) in [5.74, 6) is 0. The molecular formula is C4H9O4. The molecule has 1 aliphatic rings. The van der Waals surface area contributed by atoms with E-state index in [-0.39, 0.29) is 5.48 Å². The molecule has 8 heavy (non-hydrogen) atoms. The minimum absolute atomic E-state index is 0. The quantitative estimate of drug-likeness (QED) is 0.455. The highest BCUT2D eigenvalue weighted by molar-refractivity contribution is 4.38. The molecule has 0 bridgehead atoms. The molecule has 1 radical (unpaired) electrons. The average molecular weight is 121 g/mol. The fourth-order valence-electron chi connectivity index (χ4n) is 0.475. The van der Waals surface area contributed by atoms with E-state index in [1.165, 1.54) is 0 Å². The van der Waals surface area contributed by atoms with Crippen LogP contribution in [0.15, 0.2) is 0 Å². The molecule has 0 aromatic rings.